The van der Waals surface area contributed by atoms with Crippen molar-refractivity contribution in [2.45, 2.75) is 39.0 Å². The Labute approximate surface area is 69.7 Å². The smallest absolute Gasteiger partial charge is 0.0319 e. The Bertz CT molecular complexity index is 141. The molecular formula is C11H18. The molecular weight excluding hydrogens is 132 g/mol. The highest BCUT2D eigenvalue weighted by Gasteiger charge is 2.32. The Morgan fingerprint density at radius 3 is 2.09 bits per heavy atom. The predicted molar refractivity (Wildman–Crippen MR) is 48.4 cm³/mol. The molecule has 2 rings (SSSR count). The van der Waals surface area contributed by atoms with Gasteiger partial charge in [-0.15, -0.1) is 0 Å². The van der Waals surface area contributed by atoms with Gasteiger partial charge in [0.1, 0.15) is 0 Å². The molecule has 62 valence electrons. The summed E-state index contributed by atoms with van der Waals surface area (Å²) in [5, 5.41) is 0. The van der Waals surface area contributed by atoms with Crippen LogP contribution in [0, 0.1) is 17.8 Å². The first-order valence-corrected chi connectivity index (χ1v) is 5.05. The Hall–Kier alpha value is -0.260. The van der Waals surface area contributed by atoms with Crippen molar-refractivity contribution in [1.82, 2.24) is 0 Å². The molecule has 0 N–H and O–H groups in total. The van der Waals surface area contributed by atoms with Crippen LogP contribution < -0.4 is 0 Å². The molecule has 0 heterocycles. The maximum Gasteiger partial charge on any atom is -0.0319 e. The Balaban J connectivity index is 1.98. The van der Waals surface area contributed by atoms with E-state index in [2.05, 4.69) is 19.1 Å². The first-order valence-electron chi connectivity index (χ1n) is 5.05. The molecule has 0 amide bonds. The number of rotatable bonds is 1. The first kappa shape index (κ1) is 7.39. The highest BCUT2D eigenvalue weighted by atomic mass is 14.4. The van der Waals surface area contributed by atoms with E-state index in [0.29, 0.717) is 0 Å². The van der Waals surface area contributed by atoms with Crippen LogP contribution in [-0.2, 0) is 0 Å². The van der Waals surface area contributed by atoms with E-state index in [0.717, 1.165) is 17.8 Å². The zero-order valence-corrected chi connectivity index (χ0v) is 7.42. The topological polar surface area (TPSA) is 0 Å². The molecule has 2 unspecified atom stereocenters. The maximum absolute atomic E-state index is 2.39. The van der Waals surface area contributed by atoms with Gasteiger partial charge in [-0.05, 0) is 43.4 Å². The van der Waals surface area contributed by atoms with Crippen LogP contribution >= 0.6 is 0 Å². The summed E-state index contributed by atoms with van der Waals surface area (Å²) in [6.07, 6.45) is 12.0. The molecule has 2 atom stereocenters. The van der Waals surface area contributed by atoms with Gasteiger partial charge in [0.25, 0.3) is 0 Å². The molecule has 0 radical (unpaired) electrons. The van der Waals surface area contributed by atoms with Crippen molar-refractivity contribution in [3.63, 3.8) is 0 Å². The van der Waals surface area contributed by atoms with Gasteiger partial charge in [0.15, 0.2) is 0 Å². The van der Waals surface area contributed by atoms with E-state index < -0.39 is 0 Å². The summed E-state index contributed by atoms with van der Waals surface area (Å²) in [5.74, 6) is 3.18. The summed E-state index contributed by atoms with van der Waals surface area (Å²) in [5.41, 5.74) is 0. The fourth-order valence-corrected chi connectivity index (χ4v) is 2.79. The van der Waals surface area contributed by atoms with Gasteiger partial charge >= 0.3 is 0 Å². The van der Waals surface area contributed by atoms with Crippen LogP contribution in [-0.4, -0.2) is 0 Å². The van der Waals surface area contributed by atoms with Gasteiger partial charge in [0.05, 0.1) is 0 Å². The van der Waals surface area contributed by atoms with Gasteiger partial charge in [-0.2, -0.15) is 0 Å². The largest absolute Gasteiger partial charge is 0.0882 e. The fourth-order valence-electron chi connectivity index (χ4n) is 2.79. The molecule has 0 saturated heterocycles. The van der Waals surface area contributed by atoms with Crippen LogP contribution in [0.15, 0.2) is 12.2 Å². The first-order chi connectivity index (χ1) is 5.40. The second-order valence-corrected chi connectivity index (χ2v) is 4.21. The summed E-state index contributed by atoms with van der Waals surface area (Å²) >= 11 is 0. The molecule has 2 aliphatic carbocycles. The Morgan fingerprint density at radius 2 is 1.64 bits per heavy atom. The predicted octanol–water partition coefficient (Wildman–Crippen LogP) is 3.39. The molecule has 1 fully saturated rings. The van der Waals surface area contributed by atoms with Crippen molar-refractivity contribution >= 4 is 0 Å². The Kier molecular flexibility index (Phi) is 2.02. The lowest BCUT2D eigenvalue weighted by Gasteiger charge is -2.19. The highest BCUT2D eigenvalue weighted by Crippen LogP contribution is 2.43. The van der Waals surface area contributed by atoms with Crippen LogP contribution in [0.4, 0.5) is 0 Å². The van der Waals surface area contributed by atoms with Crippen LogP contribution in [0.1, 0.15) is 39.0 Å². The van der Waals surface area contributed by atoms with E-state index in [1.165, 1.54) is 32.1 Å². The molecule has 0 aromatic rings. The zero-order chi connectivity index (χ0) is 7.68. The van der Waals surface area contributed by atoms with Gasteiger partial charge in [-0.3, -0.25) is 0 Å². The second-order valence-electron chi connectivity index (χ2n) is 4.21. The van der Waals surface area contributed by atoms with E-state index in [-0.39, 0.29) is 0 Å². The summed E-state index contributed by atoms with van der Waals surface area (Å²) in [4.78, 5) is 0. The van der Waals surface area contributed by atoms with Gasteiger partial charge < -0.3 is 0 Å². The van der Waals surface area contributed by atoms with Crippen LogP contribution in [0.3, 0.4) is 0 Å². The highest BCUT2D eigenvalue weighted by molar-refractivity contribution is 4.98. The lowest BCUT2D eigenvalue weighted by molar-refractivity contribution is 0.380. The van der Waals surface area contributed by atoms with Crippen molar-refractivity contribution in [2.24, 2.45) is 17.8 Å². The van der Waals surface area contributed by atoms with E-state index in [9.17, 15) is 0 Å². The number of hydrogen-bond donors (Lipinski definition) is 0. The summed E-state index contributed by atoms with van der Waals surface area (Å²) in [6, 6.07) is 0. The maximum atomic E-state index is 2.39. The molecule has 0 aliphatic heterocycles. The second kappa shape index (κ2) is 3.00. The van der Waals surface area contributed by atoms with E-state index in [4.69, 9.17) is 0 Å². The third kappa shape index (κ3) is 1.36. The molecule has 11 heavy (non-hydrogen) atoms. The standard InChI is InChI=1S/C11H18/c1-2-9-7-10-5-3-4-6-11(10)8-9/h3-4,9-11H,2,5-8H2,1H3. The summed E-state index contributed by atoms with van der Waals surface area (Å²) in [6.45, 7) is 2.34. The molecule has 1 saturated carbocycles. The molecule has 0 nitrogen and oxygen atoms in total. The molecule has 0 bridgehead atoms. The third-order valence-electron chi connectivity index (χ3n) is 3.56. The van der Waals surface area contributed by atoms with Crippen molar-refractivity contribution in [3.8, 4) is 0 Å². The van der Waals surface area contributed by atoms with Crippen LogP contribution in [0.5, 0.6) is 0 Å². The van der Waals surface area contributed by atoms with Crippen LogP contribution in [0.25, 0.3) is 0 Å². The third-order valence-corrected chi connectivity index (χ3v) is 3.56. The van der Waals surface area contributed by atoms with Crippen molar-refractivity contribution < 1.29 is 0 Å². The number of fused-ring (bicyclic) bond motifs is 1. The monoisotopic (exact) mass is 150 g/mol. The van der Waals surface area contributed by atoms with Crippen molar-refractivity contribution in [1.29, 1.82) is 0 Å². The quantitative estimate of drug-likeness (QED) is 0.503. The average molecular weight is 150 g/mol. The SMILES string of the molecule is CCC1CC2CC=CCC2C1. The van der Waals surface area contributed by atoms with Gasteiger partial charge in [0, 0.05) is 0 Å². The molecule has 0 spiro atoms. The minimum Gasteiger partial charge on any atom is -0.0882 e. The van der Waals surface area contributed by atoms with Gasteiger partial charge in [-0.1, -0.05) is 25.5 Å². The molecule has 0 heteroatoms. The summed E-state index contributed by atoms with van der Waals surface area (Å²) < 4.78 is 0. The molecule has 2 aliphatic rings. The normalized spacial score (nSPS) is 42.5. The van der Waals surface area contributed by atoms with E-state index in [1.807, 2.05) is 0 Å². The number of hydrogen-bond acceptors (Lipinski definition) is 0. The van der Waals surface area contributed by atoms with Gasteiger partial charge in [0.2, 0.25) is 0 Å². The number of allylic oxidation sites excluding steroid dienone is 2. The van der Waals surface area contributed by atoms with Crippen molar-refractivity contribution in [3.05, 3.63) is 12.2 Å². The lowest BCUT2D eigenvalue weighted by atomic mass is 9.86. The minimum atomic E-state index is 1.06. The minimum absolute atomic E-state index is 1.06. The van der Waals surface area contributed by atoms with Gasteiger partial charge in [-0.25, -0.2) is 0 Å². The molecule has 0 aromatic heterocycles. The lowest BCUT2D eigenvalue weighted by Crippen LogP contribution is -2.08. The summed E-state index contributed by atoms with van der Waals surface area (Å²) in [7, 11) is 0. The van der Waals surface area contributed by atoms with E-state index in [1.54, 1.807) is 0 Å². The molecule has 0 aromatic carbocycles. The average Bonchev–Trinajstić information content (AvgIpc) is 2.46. The fraction of sp³-hybridized carbons (Fsp3) is 0.818. The Morgan fingerprint density at radius 1 is 1.09 bits per heavy atom. The van der Waals surface area contributed by atoms with E-state index >= 15 is 0 Å². The van der Waals surface area contributed by atoms with Crippen LogP contribution in [0.2, 0.25) is 0 Å². The van der Waals surface area contributed by atoms with Crippen molar-refractivity contribution in [2.75, 3.05) is 0 Å². The zero-order valence-electron chi connectivity index (χ0n) is 7.42.